The predicted octanol–water partition coefficient (Wildman–Crippen LogP) is 3.70. The second kappa shape index (κ2) is 10.8. The quantitative estimate of drug-likeness (QED) is 0.366. The number of nitrogens with zero attached hydrogens (tertiary/aromatic N) is 2. The van der Waals surface area contributed by atoms with E-state index in [2.05, 4.69) is 10.5 Å². The first-order valence-electron chi connectivity index (χ1n) is 9.72. The fourth-order valence-electron chi connectivity index (χ4n) is 2.92. The Morgan fingerprint density at radius 1 is 1.03 bits per heavy atom. The molecule has 0 fully saturated rings. The van der Waals surface area contributed by atoms with E-state index < -0.39 is 22.5 Å². The number of amides is 1. The van der Waals surface area contributed by atoms with Crippen molar-refractivity contribution in [2.75, 3.05) is 25.1 Å². The lowest BCUT2D eigenvalue weighted by Crippen LogP contribution is -2.39. The van der Waals surface area contributed by atoms with Crippen LogP contribution in [0, 0.1) is 0 Å². The van der Waals surface area contributed by atoms with Crippen LogP contribution in [0.2, 0.25) is 5.02 Å². The first-order chi connectivity index (χ1) is 15.8. The van der Waals surface area contributed by atoms with Crippen LogP contribution in [0.25, 0.3) is 0 Å². The number of methoxy groups -OCH3 is 2. The average Bonchev–Trinajstić information content (AvgIpc) is 2.83. The molecule has 0 unspecified atom stereocenters. The van der Waals surface area contributed by atoms with Gasteiger partial charge < -0.3 is 9.47 Å². The van der Waals surface area contributed by atoms with Crippen molar-refractivity contribution in [1.82, 2.24) is 5.43 Å². The number of carbonyl (C=O) groups excluding carboxylic acids is 1. The summed E-state index contributed by atoms with van der Waals surface area (Å²) in [4.78, 5) is 12.6. The Balaban J connectivity index is 1.82. The van der Waals surface area contributed by atoms with Gasteiger partial charge in [-0.3, -0.25) is 9.10 Å². The number of carbonyl (C=O) groups is 1. The van der Waals surface area contributed by atoms with Gasteiger partial charge in [-0.1, -0.05) is 29.8 Å². The Kier molecular flexibility index (Phi) is 7.92. The van der Waals surface area contributed by atoms with Gasteiger partial charge in [-0.2, -0.15) is 5.10 Å². The average molecular weight is 488 g/mol. The molecule has 3 aromatic carbocycles. The molecule has 0 atom stereocenters. The maximum Gasteiger partial charge on any atom is 0.264 e. The van der Waals surface area contributed by atoms with Crippen LogP contribution in [0.15, 0.2) is 82.8 Å². The first-order valence-corrected chi connectivity index (χ1v) is 11.5. The van der Waals surface area contributed by atoms with Gasteiger partial charge in [-0.05, 0) is 54.6 Å². The van der Waals surface area contributed by atoms with Gasteiger partial charge in [0.2, 0.25) is 0 Å². The van der Waals surface area contributed by atoms with Crippen molar-refractivity contribution < 1.29 is 22.7 Å². The van der Waals surface area contributed by atoms with Crippen LogP contribution in [0.1, 0.15) is 5.56 Å². The predicted molar refractivity (Wildman–Crippen MR) is 128 cm³/mol. The lowest BCUT2D eigenvalue weighted by Gasteiger charge is -2.23. The van der Waals surface area contributed by atoms with E-state index in [4.69, 9.17) is 21.1 Å². The number of hydrazone groups is 1. The second-order valence-electron chi connectivity index (χ2n) is 6.70. The third-order valence-electron chi connectivity index (χ3n) is 4.56. The van der Waals surface area contributed by atoms with Crippen molar-refractivity contribution in [2.24, 2.45) is 5.10 Å². The molecule has 0 heterocycles. The van der Waals surface area contributed by atoms with Crippen LogP contribution < -0.4 is 19.2 Å². The van der Waals surface area contributed by atoms with Crippen molar-refractivity contribution in [1.29, 1.82) is 0 Å². The highest BCUT2D eigenvalue weighted by atomic mass is 35.5. The largest absolute Gasteiger partial charge is 0.497 e. The summed E-state index contributed by atoms with van der Waals surface area (Å²) in [5.41, 5.74) is 3.27. The molecule has 0 spiro atoms. The van der Waals surface area contributed by atoms with E-state index in [1.165, 1.54) is 44.7 Å². The maximum absolute atomic E-state index is 13.3. The summed E-state index contributed by atoms with van der Waals surface area (Å²) in [6, 6.07) is 19.2. The summed E-state index contributed by atoms with van der Waals surface area (Å²) in [5, 5.41) is 4.34. The zero-order valence-corrected chi connectivity index (χ0v) is 19.5. The van der Waals surface area contributed by atoms with E-state index in [1.54, 1.807) is 48.5 Å². The van der Waals surface area contributed by atoms with Crippen molar-refractivity contribution >= 4 is 39.4 Å². The Bertz CT molecular complexity index is 1230. The molecule has 0 aliphatic rings. The number of ether oxygens (including phenoxy) is 2. The van der Waals surface area contributed by atoms with Crippen molar-refractivity contribution in [3.05, 3.63) is 83.4 Å². The maximum atomic E-state index is 13.3. The number of hydrogen-bond acceptors (Lipinski definition) is 6. The molecular weight excluding hydrogens is 466 g/mol. The van der Waals surface area contributed by atoms with Gasteiger partial charge in [0.25, 0.3) is 15.9 Å². The summed E-state index contributed by atoms with van der Waals surface area (Å²) < 4.78 is 38.0. The third kappa shape index (κ3) is 6.03. The number of para-hydroxylation sites is 1. The van der Waals surface area contributed by atoms with E-state index in [1.807, 2.05) is 0 Å². The zero-order valence-electron chi connectivity index (χ0n) is 17.9. The van der Waals surface area contributed by atoms with Crippen molar-refractivity contribution in [2.45, 2.75) is 4.90 Å². The van der Waals surface area contributed by atoms with Crippen molar-refractivity contribution in [3.63, 3.8) is 0 Å². The number of sulfonamides is 1. The molecule has 1 N–H and O–H groups in total. The SMILES string of the molecule is COc1ccc(OC)c(/C=N\NC(=O)CN(c2ccccc2)S(=O)(=O)c2ccc(Cl)cc2)c1. The molecule has 10 heteroatoms. The van der Waals surface area contributed by atoms with Crippen molar-refractivity contribution in [3.8, 4) is 11.5 Å². The molecule has 0 saturated carbocycles. The molecule has 1 amide bonds. The monoisotopic (exact) mass is 487 g/mol. The summed E-state index contributed by atoms with van der Waals surface area (Å²) >= 11 is 5.89. The highest BCUT2D eigenvalue weighted by Gasteiger charge is 2.27. The van der Waals surface area contributed by atoms with E-state index in [0.717, 1.165) is 4.31 Å². The summed E-state index contributed by atoms with van der Waals surface area (Å²) in [5.74, 6) is 0.493. The Hall–Kier alpha value is -3.56. The first kappa shape index (κ1) is 24.1. The molecule has 33 heavy (non-hydrogen) atoms. The van der Waals surface area contributed by atoms with Crippen LogP contribution in [-0.2, 0) is 14.8 Å². The van der Waals surface area contributed by atoms with Crippen LogP contribution in [-0.4, -0.2) is 41.3 Å². The molecule has 3 aromatic rings. The molecule has 0 saturated heterocycles. The van der Waals surface area contributed by atoms with Gasteiger partial charge in [0.05, 0.1) is 31.0 Å². The number of anilines is 1. The summed E-state index contributed by atoms with van der Waals surface area (Å²) in [6.45, 7) is -0.485. The van der Waals surface area contributed by atoms with Gasteiger partial charge >= 0.3 is 0 Å². The molecule has 0 radical (unpaired) electrons. The summed E-state index contributed by atoms with van der Waals surface area (Å²) in [7, 11) is -0.995. The highest BCUT2D eigenvalue weighted by Crippen LogP contribution is 2.25. The lowest BCUT2D eigenvalue weighted by atomic mass is 10.2. The standard InChI is InChI=1S/C23H22ClN3O5S/c1-31-20-10-13-22(32-2)17(14-20)15-25-26-23(28)16-27(19-6-4-3-5-7-19)33(29,30)21-11-8-18(24)9-12-21/h3-15H,16H2,1-2H3,(H,26,28)/b25-15-. The highest BCUT2D eigenvalue weighted by molar-refractivity contribution is 7.92. The number of halogens is 1. The Labute approximate surface area is 197 Å². The molecule has 0 aromatic heterocycles. The minimum atomic E-state index is -4.04. The minimum absolute atomic E-state index is 0.00757. The lowest BCUT2D eigenvalue weighted by molar-refractivity contribution is -0.119. The van der Waals surface area contributed by atoms with E-state index in [-0.39, 0.29) is 4.90 Å². The molecule has 0 aliphatic heterocycles. The Morgan fingerprint density at radius 3 is 2.36 bits per heavy atom. The number of nitrogens with one attached hydrogen (secondary N) is 1. The minimum Gasteiger partial charge on any atom is -0.497 e. The van der Waals surface area contributed by atoms with Crippen LogP contribution >= 0.6 is 11.6 Å². The zero-order chi connectivity index (χ0) is 23.8. The van der Waals surface area contributed by atoms with Gasteiger partial charge in [0.1, 0.15) is 18.0 Å². The van der Waals surface area contributed by atoms with E-state index >= 15 is 0 Å². The smallest absolute Gasteiger partial charge is 0.264 e. The molecule has 172 valence electrons. The molecule has 8 nitrogen and oxygen atoms in total. The number of rotatable bonds is 9. The molecular formula is C23H22ClN3O5S. The molecule has 0 aliphatic carbocycles. The normalized spacial score (nSPS) is 11.2. The van der Waals surface area contributed by atoms with Crippen LogP contribution in [0.4, 0.5) is 5.69 Å². The van der Waals surface area contributed by atoms with E-state index in [0.29, 0.717) is 27.8 Å². The molecule has 0 bridgehead atoms. The number of hydrogen-bond donors (Lipinski definition) is 1. The number of benzene rings is 3. The third-order valence-corrected chi connectivity index (χ3v) is 6.60. The van der Waals surface area contributed by atoms with Crippen LogP contribution in [0.5, 0.6) is 11.5 Å². The van der Waals surface area contributed by atoms with Gasteiger partial charge in [-0.15, -0.1) is 0 Å². The summed E-state index contributed by atoms with van der Waals surface area (Å²) in [6.07, 6.45) is 1.39. The van der Waals surface area contributed by atoms with Gasteiger partial charge in [0.15, 0.2) is 0 Å². The molecule has 3 rings (SSSR count). The van der Waals surface area contributed by atoms with Crippen LogP contribution in [0.3, 0.4) is 0 Å². The topological polar surface area (TPSA) is 97.3 Å². The fourth-order valence-corrected chi connectivity index (χ4v) is 4.47. The Morgan fingerprint density at radius 2 is 1.73 bits per heavy atom. The second-order valence-corrected chi connectivity index (χ2v) is 9.00. The van der Waals surface area contributed by atoms with E-state index in [9.17, 15) is 13.2 Å². The van der Waals surface area contributed by atoms with Gasteiger partial charge in [-0.25, -0.2) is 13.8 Å². The fraction of sp³-hybridized carbons (Fsp3) is 0.130. The van der Waals surface area contributed by atoms with Gasteiger partial charge in [0, 0.05) is 10.6 Å².